The molecule has 1 amide bonds. The van der Waals surface area contributed by atoms with E-state index in [1.54, 1.807) is 12.6 Å². The molecular weight excluding hydrogens is 422 g/mol. The standard InChI is InChI=1S/C24H25N5O2S/c1-18(2)29(21-12-10-20(11-13-21)26-19-7-4-3-5-8-19)23(30)16-32-24-27-25-17-28(24)15-22-9-6-14-31-22/h3-14,17-18,26H,15-16H2,1-2H3. The van der Waals surface area contributed by atoms with Gasteiger partial charge in [-0.2, -0.15) is 0 Å². The van der Waals surface area contributed by atoms with Crippen molar-refractivity contribution in [2.24, 2.45) is 0 Å². The van der Waals surface area contributed by atoms with Crippen LogP contribution >= 0.6 is 11.8 Å². The largest absolute Gasteiger partial charge is 0.467 e. The number of thioether (sulfide) groups is 1. The Labute approximate surface area is 191 Å². The van der Waals surface area contributed by atoms with Gasteiger partial charge in [0.15, 0.2) is 5.16 Å². The molecule has 4 rings (SSSR count). The molecule has 0 atom stereocenters. The summed E-state index contributed by atoms with van der Waals surface area (Å²) >= 11 is 1.37. The van der Waals surface area contributed by atoms with Crippen molar-refractivity contribution in [3.8, 4) is 0 Å². The first-order chi connectivity index (χ1) is 15.6. The minimum absolute atomic E-state index is 0.0151. The van der Waals surface area contributed by atoms with E-state index in [9.17, 15) is 4.79 Å². The molecule has 8 heteroatoms. The van der Waals surface area contributed by atoms with Gasteiger partial charge in [0.05, 0.1) is 18.6 Å². The van der Waals surface area contributed by atoms with Gasteiger partial charge in [-0.3, -0.25) is 4.79 Å². The second-order valence-electron chi connectivity index (χ2n) is 7.50. The van der Waals surface area contributed by atoms with Crippen LogP contribution in [0.3, 0.4) is 0 Å². The van der Waals surface area contributed by atoms with Crippen LogP contribution in [-0.2, 0) is 11.3 Å². The number of rotatable bonds is 9. The predicted molar refractivity (Wildman–Crippen MR) is 127 cm³/mol. The quantitative estimate of drug-likeness (QED) is 0.356. The van der Waals surface area contributed by atoms with E-state index in [1.165, 1.54) is 11.8 Å². The second kappa shape index (κ2) is 10.2. The zero-order valence-electron chi connectivity index (χ0n) is 18.0. The van der Waals surface area contributed by atoms with E-state index >= 15 is 0 Å². The number of para-hydroxylation sites is 1. The van der Waals surface area contributed by atoms with Crippen molar-refractivity contribution in [3.63, 3.8) is 0 Å². The highest BCUT2D eigenvalue weighted by Gasteiger charge is 2.20. The molecule has 32 heavy (non-hydrogen) atoms. The maximum Gasteiger partial charge on any atom is 0.237 e. The van der Waals surface area contributed by atoms with Gasteiger partial charge in [0.25, 0.3) is 0 Å². The summed E-state index contributed by atoms with van der Waals surface area (Å²) in [7, 11) is 0. The van der Waals surface area contributed by atoms with Gasteiger partial charge in [0, 0.05) is 23.1 Å². The molecule has 0 radical (unpaired) electrons. The van der Waals surface area contributed by atoms with Crippen molar-refractivity contribution < 1.29 is 9.21 Å². The minimum Gasteiger partial charge on any atom is -0.467 e. The van der Waals surface area contributed by atoms with E-state index in [0.717, 1.165) is 22.8 Å². The highest BCUT2D eigenvalue weighted by Crippen LogP contribution is 2.25. The number of carbonyl (C=O) groups is 1. The Morgan fingerprint density at radius 3 is 2.50 bits per heavy atom. The molecule has 0 fully saturated rings. The first kappa shape index (κ1) is 21.7. The topological polar surface area (TPSA) is 76.2 Å². The number of nitrogens with one attached hydrogen (secondary N) is 1. The summed E-state index contributed by atoms with van der Waals surface area (Å²) in [4.78, 5) is 14.9. The lowest BCUT2D eigenvalue weighted by Gasteiger charge is -2.27. The average molecular weight is 448 g/mol. The molecular formula is C24H25N5O2S. The zero-order chi connectivity index (χ0) is 22.3. The van der Waals surface area contributed by atoms with Crippen molar-refractivity contribution in [1.29, 1.82) is 0 Å². The summed E-state index contributed by atoms with van der Waals surface area (Å²) in [5.74, 6) is 1.09. The molecule has 0 saturated carbocycles. The van der Waals surface area contributed by atoms with Crippen LogP contribution in [0.1, 0.15) is 19.6 Å². The van der Waals surface area contributed by atoms with Crippen molar-refractivity contribution >= 4 is 34.7 Å². The number of nitrogens with zero attached hydrogens (tertiary/aromatic N) is 4. The molecule has 0 aliphatic rings. The maximum atomic E-state index is 13.1. The molecule has 0 aliphatic heterocycles. The number of furan rings is 1. The first-order valence-electron chi connectivity index (χ1n) is 10.4. The summed E-state index contributed by atoms with van der Waals surface area (Å²) in [6.07, 6.45) is 3.28. The number of hydrogen-bond donors (Lipinski definition) is 1. The normalized spacial score (nSPS) is 11.0. The summed E-state index contributed by atoms with van der Waals surface area (Å²) in [6, 6.07) is 21.7. The van der Waals surface area contributed by atoms with Gasteiger partial charge in [0.2, 0.25) is 5.91 Å². The van der Waals surface area contributed by atoms with E-state index in [1.807, 2.05) is 90.0 Å². The predicted octanol–water partition coefficient (Wildman–Crippen LogP) is 5.20. The SMILES string of the molecule is CC(C)N(C(=O)CSc1nncn1Cc1ccco1)c1ccc(Nc2ccccc2)cc1. The van der Waals surface area contributed by atoms with E-state index in [2.05, 4.69) is 15.5 Å². The third kappa shape index (κ3) is 5.39. The summed E-state index contributed by atoms with van der Waals surface area (Å²) in [5, 5.41) is 12.2. The Morgan fingerprint density at radius 1 is 1.06 bits per heavy atom. The molecule has 0 aliphatic carbocycles. The Balaban J connectivity index is 1.40. The Kier molecular flexibility index (Phi) is 6.91. The van der Waals surface area contributed by atoms with Gasteiger partial charge < -0.3 is 19.2 Å². The van der Waals surface area contributed by atoms with Crippen molar-refractivity contribution in [2.75, 3.05) is 16.0 Å². The highest BCUT2D eigenvalue weighted by molar-refractivity contribution is 7.99. The fraction of sp³-hybridized carbons (Fsp3) is 0.208. The van der Waals surface area contributed by atoms with Crippen molar-refractivity contribution in [2.45, 2.75) is 31.6 Å². The monoisotopic (exact) mass is 447 g/mol. The molecule has 4 aromatic rings. The van der Waals surface area contributed by atoms with Crippen LogP contribution in [0.2, 0.25) is 0 Å². The fourth-order valence-electron chi connectivity index (χ4n) is 3.35. The molecule has 1 N–H and O–H groups in total. The van der Waals surface area contributed by atoms with E-state index in [0.29, 0.717) is 11.7 Å². The van der Waals surface area contributed by atoms with Gasteiger partial charge >= 0.3 is 0 Å². The number of amides is 1. The van der Waals surface area contributed by atoms with Crippen LogP contribution in [0.15, 0.2) is 88.9 Å². The van der Waals surface area contributed by atoms with Crippen LogP contribution < -0.4 is 10.2 Å². The summed E-state index contributed by atoms with van der Waals surface area (Å²) < 4.78 is 7.27. The lowest BCUT2D eigenvalue weighted by Crippen LogP contribution is -2.38. The molecule has 0 saturated heterocycles. The van der Waals surface area contributed by atoms with Crippen LogP contribution in [-0.4, -0.2) is 32.5 Å². The van der Waals surface area contributed by atoms with Crippen molar-refractivity contribution in [3.05, 3.63) is 85.1 Å². The van der Waals surface area contributed by atoms with Gasteiger partial charge in [-0.25, -0.2) is 0 Å². The Hall–Kier alpha value is -3.52. The third-order valence-electron chi connectivity index (χ3n) is 4.80. The van der Waals surface area contributed by atoms with Gasteiger partial charge in [-0.05, 0) is 62.4 Å². The molecule has 0 unspecified atom stereocenters. The van der Waals surface area contributed by atoms with E-state index in [4.69, 9.17) is 4.42 Å². The zero-order valence-corrected chi connectivity index (χ0v) is 18.8. The van der Waals surface area contributed by atoms with Crippen LogP contribution in [0.4, 0.5) is 17.1 Å². The number of anilines is 3. The minimum atomic E-state index is 0.0151. The summed E-state index contributed by atoms with van der Waals surface area (Å²) in [6.45, 7) is 4.55. The second-order valence-corrected chi connectivity index (χ2v) is 8.45. The maximum absolute atomic E-state index is 13.1. The summed E-state index contributed by atoms with van der Waals surface area (Å²) in [5.41, 5.74) is 2.85. The number of carbonyl (C=O) groups excluding carboxylic acids is 1. The van der Waals surface area contributed by atoms with E-state index in [-0.39, 0.29) is 17.7 Å². The molecule has 7 nitrogen and oxygen atoms in total. The molecule has 2 heterocycles. The van der Waals surface area contributed by atoms with Crippen molar-refractivity contribution in [1.82, 2.24) is 14.8 Å². The molecule has 0 spiro atoms. The molecule has 2 aromatic carbocycles. The van der Waals surface area contributed by atoms with Gasteiger partial charge in [0.1, 0.15) is 12.1 Å². The van der Waals surface area contributed by atoms with Crippen LogP contribution in [0, 0.1) is 0 Å². The smallest absolute Gasteiger partial charge is 0.237 e. The first-order valence-corrected chi connectivity index (χ1v) is 11.4. The van der Waals surface area contributed by atoms with Crippen LogP contribution in [0.25, 0.3) is 0 Å². The molecule has 164 valence electrons. The van der Waals surface area contributed by atoms with Crippen LogP contribution in [0.5, 0.6) is 0 Å². The van der Waals surface area contributed by atoms with Gasteiger partial charge in [-0.15, -0.1) is 10.2 Å². The van der Waals surface area contributed by atoms with Gasteiger partial charge in [-0.1, -0.05) is 30.0 Å². The molecule has 0 bridgehead atoms. The Bertz CT molecular complexity index is 1120. The fourth-order valence-corrected chi connectivity index (χ4v) is 4.13. The third-order valence-corrected chi connectivity index (χ3v) is 5.77. The lowest BCUT2D eigenvalue weighted by atomic mass is 10.2. The Morgan fingerprint density at radius 2 is 1.81 bits per heavy atom. The number of aromatic nitrogens is 3. The van der Waals surface area contributed by atoms with E-state index < -0.39 is 0 Å². The highest BCUT2D eigenvalue weighted by atomic mass is 32.2. The number of benzene rings is 2. The average Bonchev–Trinajstić information content (AvgIpc) is 3.47. The molecule has 2 aromatic heterocycles. The number of hydrogen-bond acceptors (Lipinski definition) is 6. The lowest BCUT2D eigenvalue weighted by molar-refractivity contribution is -0.116.